The minimum atomic E-state index is -1.05. The summed E-state index contributed by atoms with van der Waals surface area (Å²) in [5, 5.41) is 5.38. The van der Waals surface area contributed by atoms with E-state index in [1.807, 2.05) is 6.07 Å². The molecule has 7 nitrogen and oxygen atoms in total. The second-order valence-electron chi connectivity index (χ2n) is 8.42. The van der Waals surface area contributed by atoms with Crippen LogP contribution in [-0.4, -0.2) is 56.2 Å². The van der Waals surface area contributed by atoms with E-state index in [1.165, 1.54) is 17.3 Å². The molecule has 2 aliphatic heterocycles. The number of benzene rings is 2. The van der Waals surface area contributed by atoms with Crippen LogP contribution in [0, 0.1) is 18.6 Å². The molecule has 0 radical (unpaired) electrons. The number of carbonyl (C=O) groups excluding carboxylic acids is 2. The number of amides is 2. The van der Waals surface area contributed by atoms with Crippen LogP contribution in [0.2, 0.25) is 0 Å². The Labute approximate surface area is 197 Å². The number of urea groups is 1. The van der Waals surface area contributed by atoms with Crippen molar-refractivity contribution in [2.45, 2.75) is 19.9 Å². The molecule has 1 atom stereocenters. The highest BCUT2D eigenvalue weighted by Gasteiger charge is 2.35. The summed E-state index contributed by atoms with van der Waals surface area (Å²) in [6.45, 7) is 7.26. The summed E-state index contributed by atoms with van der Waals surface area (Å²) in [5.74, 6) is -2.67. The SMILES string of the molecule is CCOC(=O)C1=C(CN2CCN(c3cccc(C)c3)CC2)NC(=O)NC1c1ccc(F)c(F)c1. The van der Waals surface area contributed by atoms with Gasteiger partial charge in [-0.25, -0.2) is 18.4 Å². The molecule has 2 aromatic carbocycles. The molecule has 2 aromatic rings. The van der Waals surface area contributed by atoms with E-state index in [1.54, 1.807) is 6.92 Å². The van der Waals surface area contributed by atoms with Crippen molar-refractivity contribution in [3.05, 3.63) is 76.5 Å². The molecule has 9 heteroatoms. The summed E-state index contributed by atoms with van der Waals surface area (Å²) >= 11 is 0. The Morgan fingerprint density at radius 1 is 1.09 bits per heavy atom. The Bertz CT molecular complexity index is 1110. The van der Waals surface area contributed by atoms with E-state index in [0.717, 1.165) is 38.3 Å². The van der Waals surface area contributed by atoms with Crippen molar-refractivity contribution in [3.8, 4) is 0 Å². The zero-order valence-corrected chi connectivity index (χ0v) is 19.2. The molecule has 1 saturated heterocycles. The molecule has 0 bridgehead atoms. The van der Waals surface area contributed by atoms with Crippen LogP contribution in [0.4, 0.5) is 19.3 Å². The van der Waals surface area contributed by atoms with Gasteiger partial charge in [0.15, 0.2) is 11.6 Å². The molecule has 0 aliphatic carbocycles. The van der Waals surface area contributed by atoms with E-state index in [0.29, 0.717) is 12.2 Å². The van der Waals surface area contributed by atoms with Crippen LogP contribution in [0.5, 0.6) is 0 Å². The Hall–Kier alpha value is -3.46. The molecule has 2 heterocycles. The van der Waals surface area contributed by atoms with Crippen LogP contribution in [0.25, 0.3) is 0 Å². The number of piperazine rings is 1. The van der Waals surface area contributed by atoms with Crippen LogP contribution in [0.3, 0.4) is 0 Å². The second kappa shape index (κ2) is 10.2. The maximum atomic E-state index is 13.9. The van der Waals surface area contributed by atoms with Gasteiger partial charge in [0.1, 0.15) is 0 Å². The summed E-state index contributed by atoms with van der Waals surface area (Å²) in [5.41, 5.74) is 3.22. The minimum Gasteiger partial charge on any atom is -0.463 e. The van der Waals surface area contributed by atoms with E-state index in [-0.39, 0.29) is 17.7 Å². The standard InChI is InChI=1S/C25H28F2N4O3/c1-3-34-24(32)22-21(28-25(33)29-23(22)17-7-8-19(26)20(27)14-17)15-30-9-11-31(12-10-30)18-6-4-5-16(2)13-18/h4-8,13-14,23H,3,9-12,15H2,1-2H3,(H2,28,29,33). The van der Waals surface area contributed by atoms with Crippen LogP contribution in [0.15, 0.2) is 53.7 Å². The topological polar surface area (TPSA) is 73.9 Å². The van der Waals surface area contributed by atoms with E-state index in [4.69, 9.17) is 4.74 Å². The molecule has 0 saturated carbocycles. The first-order chi connectivity index (χ1) is 16.4. The predicted molar refractivity (Wildman–Crippen MR) is 124 cm³/mol. The molecular formula is C25H28F2N4O3. The number of nitrogens with one attached hydrogen (secondary N) is 2. The van der Waals surface area contributed by atoms with Gasteiger partial charge in [0, 0.05) is 44.1 Å². The van der Waals surface area contributed by atoms with E-state index >= 15 is 0 Å². The summed E-state index contributed by atoms with van der Waals surface area (Å²) in [6.07, 6.45) is 0. The predicted octanol–water partition coefficient (Wildman–Crippen LogP) is 3.27. The quantitative estimate of drug-likeness (QED) is 0.634. The molecule has 0 aromatic heterocycles. The zero-order valence-electron chi connectivity index (χ0n) is 19.2. The van der Waals surface area contributed by atoms with Gasteiger partial charge in [0.2, 0.25) is 0 Å². The lowest BCUT2D eigenvalue weighted by Gasteiger charge is -2.38. The number of aryl methyl sites for hydroxylation is 1. The normalized spacial score (nSPS) is 19.0. The van der Waals surface area contributed by atoms with Gasteiger partial charge in [-0.3, -0.25) is 4.90 Å². The van der Waals surface area contributed by atoms with Crippen molar-refractivity contribution in [2.75, 3.05) is 44.2 Å². The van der Waals surface area contributed by atoms with E-state index in [2.05, 4.69) is 45.6 Å². The van der Waals surface area contributed by atoms with Crippen molar-refractivity contribution in [1.82, 2.24) is 15.5 Å². The van der Waals surface area contributed by atoms with Gasteiger partial charge in [-0.1, -0.05) is 18.2 Å². The average molecular weight is 471 g/mol. The van der Waals surface area contributed by atoms with Gasteiger partial charge in [-0.05, 0) is 49.2 Å². The highest BCUT2D eigenvalue weighted by atomic mass is 19.2. The maximum Gasteiger partial charge on any atom is 0.338 e. The Kier molecular flexibility index (Phi) is 7.12. The molecule has 0 spiro atoms. The Morgan fingerprint density at radius 3 is 2.53 bits per heavy atom. The molecule has 1 fully saturated rings. The number of hydrogen-bond acceptors (Lipinski definition) is 5. The van der Waals surface area contributed by atoms with Gasteiger partial charge in [0.05, 0.1) is 18.2 Å². The number of carbonyl (C=O) groups is 2. The zero-order chi connectivity index (χ0) is 24.2. The lowest BCUT2D eigenvalue weighted by molar-refractivity contribution is -0.139. The second-order valence-corrected chi connectivity index (χ2v) is 8.42. The van der Waals surface area contributed by atoms with Crippen LogP contribution in [-0.2, 0) is 9.53 Å². The molecule has 4 rings (SSSR count). The number of nitrogens with zero attached hydrogens (tertiary/aromatic N) is 2. The van der Waals surface area contributed by atoms with Gasteiger partial charge >= 0.3 is 12.0 Å². The third-order valence-corrected chi connectivity index (χ3v) is 6.05. The fraction of sp³-hybridized carbons (Fsp3) is 0.360. The molecule has 1 unspecified atom stereocenters. The average Bonchev–Trinajstić information content (AvgIpc) is 2.81. The summed E-state index contributed by atoms with van der Waals surface area (Å²) < 4.78 is 32.7. The molecule has 2 N–H and O–H groups in total. The number of halogens is 2. The van der Waals surface area contributed by atoms with Crippen LogP contribution < -0.4 is 15.5 Å². The van der Waals surface area contributed by atoms with Crippen LogP contribution in [0.1, 0.15) is 24.1 Å². The van der Waals surface area contributed by atoms with Gasteiger partial charge < -0.3 is 20.3 Å². The number of hydrogen-bond donors (Lipinski definition) is 2. The number of anilines is 1. The minimum absolute atomic E-state index is 0.142. The van der Waals surface area contributed by atoms with E-state index < -0.39 is 29.7 Å². The number of esters is 1. The van der Waals surface area contributed by atoms with Crippen molar-refractivity contribution >= 4 is 17.7 Å². The monoisotopic (exact) mass is 470 g/mol. The van der Waals surface area contributed by atoms with Crippen molar-refractivity contribution in [2.24, 2.45) is 0 Å². The van der Waals surface area contributed by atoms with Gasteiger partial charge in [0.25, 0.3) is 0 Å². The van der Waals surface area contributed by atoms with E-state index in [9.17, 15) is 18.4 Å². The molecule has 34 heavy (non-hydrogen) atoms. The Balaban J connectivity index is 1.57. The highest BCUT2D eigenvalue weighted by molar-refractivity contribution is 5.95. The van der Waals surface area contributed by atoms with Gasteiger partial charge in [-0.2, -0.15) is 0 Å². The molecule has 180 valence electrons. The first-order valence-corrected chi connectivity index (χ1v) is 11.3. The highest BCUT2D eigenvalue weighted by Crippen LogP contribution is 2.29. The number of rotatable bonds is 6. The molecular weight excluding hydrogens is 442 g/mol. The largest absolute Gasteiger partial charge is 0.463 e. The smallest absolute Gasteiger partial charge is 0.338 e. The van der Waals surface area contributed by atoms with Crippen molar-refractivity contribution in [1.29, 1.82) is 0 Å². The van der Waals surface area contributed by atoms with Crippen LogP contribution >= 0.6 is 0 Å². The lowest BCUT2D eigenvalue weighted by atomic mass is 9.94. The third-order valence-electron chi connectivity index (χ3n) is 6.05. The molecule has 2 aliphatic rings. The third kappa shape index (κ3) is 5.20. The first kappa shape index (κ1) is 23.7. The fourth-order valence-corrected chi connectivity index (χ4v) is 4.35. The molecule has 2 amide bonds. The van der Waals surface area contributed by atoms with Crippen molar-refractivity contribution in [3.63, 3.8) is 0 Å². The first-order valence-electron chi connectivity index (χ1n) is 11.3. The lowest BCUT2D eigenvalue weighted by Crippen LogP contribution is -2.51. The Morgan fingerprint density at radius 2 is 1.85 bits per heavy atom. The summed E-state index contributed by atoms with van der Waals surface area (Å²) in [4.78, 5) is 29.8. The summed E-state index contributed by atoms with van der Waals surface area (Å²) in [7, 11) is 0. The van der Waals surface area contributed by atoms with Gasteiger partial charge in [-0.15, -0.1) is 0 Å². The summed E-state index contributed by atoms with van der Waals surface area (Å²) in [6, 6.07) is 10.2. The van der Waals surface area contributed by atoms with Crippen molar-refractivity contribution < 1.29 is 23.1 Å². The number of ether oxygens (including phenoxy) is 1. The maximum absolute atomic E-state index is 13.9. The fourth-order valence-electron chi connectivity index (χ4n) is 4.35.